The van der Waals surface area contributed by atoms with Crippen LogP contribution in [0.15, 0.2) is 48.5 Å². The lowest BCUT2D eigenvalue weighted by atomic mass is 10.0. The summed E-state index contributed by atoms with van der Waals surface area (Å²) in [6, 6.07) is 16.5. The van der Waals surface area contributed by atoms with E-state index in [1.807, 2.05) is 50.2 Å². The van der Waals surface area contributed by atoms with Gasteiger partial charge in [0.1, 0.15) is 17.6 Å². The molecule has 0 saturated heterocycles. The molecule has 0 aliphatic heterocycles. The van der Waals surface area contributed by atoms with E-state index in [9.17, 15) is 4.79 Å². The predicted octanol–water partition coefficient (Wildman–Crippen LogP) is 3.45. The molecule has 0 fully saturated rings. The predicted molar refractivity (Wildman–Crippen MR) is 87.6 cm³/mol. The van der Waals surface area contributed by atoms with E-state index in [0.29, 0.717) is 11.5 Å². The molecule has 1 unspecified atom stereocenters. The summed E-state index contributed by atoms with van der Waals surface area (Å²) >= 11 is 0. The van der Waals surface area contributed by atoms with Crippen molar-refractivity contribution in [3.63, 3.8) is 0 Å². The fourth-order valence-corrected chi connectivity index (χ4v) is 2.17. The highest BCUT2D eigenvalue weighted by Crippen LogP contribution is 2.22. The zero-order valence-corrected chi connectivity index (χ0v) is 13.2. The van der Waals surface area contributed by atoms with Crippen LogP contribution in [0.3, 0.4) is 0 Å². The molecular weight excluding hydrogens is 290 g/mol. The Bertz CT molecular complexity index is 693. The minimum absolute atomic E-state index is 0.154. The number of ether oxygens (including phenoxy) is 1. The highest BCUT2D eigenvalue weighted by Gasteiger charge is 2.18. The van der Waals surface area contributed by atoms with Crippen molar-refractivity contribution >= 4 is 11.8 Å². The van der Waals surface area contributed by atoms with Crippen molar-refractivity contribution in [2.45, 2.75) is 32.4 Å². The molecule has 0 aliphatic carbocycles. The van der Waals surface area contributed by atoms with Crippen LogP contribution in [0.2, 0.25) is 0 Å². The first-order valence-electron chi connectivity index (χ1n) is 7.46. The normalized spacial score (nSPS) is 11.6. The average Bonchev–Trinajstić information content (AvgIpc) is 2.54. The third-order valence-electron chi connectivity index (χ3n) is 3.13. The third kappa shape index (κ3) is 5.11. The first kappa shape index (κ1) is 16.5. The summed E-state index contributed by atoms with van der Waals surface area (Å²) in [5, 5.41) is 12.2. The number of benzene rings is 1. The minimum Gasteiger partial charge on any atom is -0.463 e. The highest BCUT2D eigenvalue weighted by molar-refractivity contribution is 5.71. The number of hydrogen-bond donors (Lipinski definition) is 1. The van der Waals surface area contributed by atoms with Gasteiger partial charge in [0.05, 0.1) is 18.6 Å². The highest BCUT2D eigenvalue weighted by atomic mass is 16.5. The molecule has 2 rings (SSSR count). The van der Waals surface area contributed by atoms with Crippen molar-refractivity contribution in [3.05, 3.63) is 59.8 Å². The summed E-state index contributed by atoms with van der Waals surface area (Å²) in [4.78, 5) is 16.2. The van der Waals surface area contributed by atoms with Gasteiger partial charge in [-0.2, -0.15) is 5.26 Å². The molecule has 2 aromatic rings. The fourth-order valence-electron chi connectivity index (χ4n) is 2.17. The standard InChI is InChI=1S/C18H19N3O2/c1-13(2)23-18(22)11-16(14-7-4-3-5-8-14)21-17-10-6-9-15(12-19)20-17/h3-10,13,16H,11H2,1-2H3,(H,20,21). The quantitative estimate of drug-likeness (QED) is 0.827. The van der Waals surface area contributed by atoms with Crippen molar-refractivity contribution in [2.24, 2.45) is 0 Å². The van der Waals surface area contributed by atoms with E-state index in [1.54, 1.807) is 18.2 Å². The second-order valence-corrected chi connectivity index (χ2v) is 5.37. The van der Waals surface area contributed by atoms with Crippen LogP contribution in [-0.4, -0.2) is 17.1 Å². The topological polar surface area (TPSA) is 75.0 Å². The van der Waals surface area contributed by atoms with Crippen LogP contribution in [-0.2, 0) is 9.53 Å². The number of anilines is 1. The summed E-state index contributed by atoms with van der Waals surface area (Å²) in [5.41, 5.74) is 1.28. The average molecular weight is 309 g/mol. The first-order valence-corrected chi connectivity index (χ1v) is 7.46. The van der Waals surface area contributed by atoms with Crippen LogP contribution in [0.5, 0.6) is 0 Å². The lowest BCUT2D eigenvalue weighted by molar-refractivity contribution is -0.147. The summed E-state index contributed by atoms with van der Waals surface area (Å²) in [6.45, 7) is 3.64. The Balaban J connectivity index is 2.19. The molecule has 1 atom stereocenters. The van der Waals surface area contributed by atoms with Crippen LogP contribution in [0.1, 0.15) is 37.6 Å². The third-order valence-corrected chi connectivity index (χ3v) is 3.13. The fraction of sp³-hybridized carbons (Fsp3) is 0.278. The van der Waals surface area contributed by atoms with E-state index in [1.165, 1.54) is 0 Å². The Morgan fingerprint density at radius 2 is 1.96 bits per heavy atom. The molecule has 5 heteroatoms. The Hall–Kier alpha value is -2.87. The number of carbonyl (C=O) groups is 1. The molecule has 1 aromatic carbocycles. The monoisotopic (exact) mass is 309 g/mol. The second-order valence-electron chi connectivity index (χ2n) is 5.37. The number of nitrogens with zero attached hydrogens (tertiary/aromatic N) is 2. The Labute approximate surface area is 135 Å². The molecule has 0 saturated carbocycles. The van der Waals surface area contributed by atoms with E-state index in [0.717, 1.165) is 5.56 Å². The van der Waals surface area contributed by atoms with Crippen molar-refractivity contribution < 1.29 is 9.53 Å². The SMILES string of the molecule is CC(C)OC(=O)CC(Nc1cccc(C#N)n1)c1ccccc1. The summed E-state index contributed by atoms with van der Waals surface area (Å²) in [6.07, 6.45) is 0.0275. The van der Waals surface area contributed by atoms with Crippen LogP contribution >= 0.6 is 0 Å². The van der Waals surface area contributed by atoms with Gasteiger partial charge in [-0.05, 0) is 31.5 Å². The van der Waals surface area contributed by atoms with Crippen molar-refractivity contribution in [2.75, 3.05) is 5.32 Å². The number of rotatable bonds is 6. The van der Waals surface area contributed by atoms with Crippen molar-refractivity contribution in [1.82, 2.24) is 4.98 Å². The van der Waals surface area contributed by atoms with Crippen molar-refractivity contribution in [1.29, 1.82) is 5.26 Å². The summed E-state index contributed by atoms with van der Waals surface area (Å²) < 4.78 is 5.23. The van der Waals surface area contributed by atoms with E-state index >= 15 is 0 Å². The molecule has 5 nitrogen and oxygen atoms in total. The van der Waals surface area contributed by atoms with Gasteiger partial charge < -0.3 is 10.1 Å². The molecule has 0 radical (unpaired) electrons. The van der Waals surface area contributed by atoms with Gasteiger partial charge in [0.2, 0.25) is 0 Å². The zero-order valence-electron chi connectivity index (χ0n) is 13.2. The molecule has 23 heavy (non-hydrogen) atoms. The minimum atomic E-state index is -0.280. The maximum absolute atomic E-state index is 12.0. The number of nitrogens with one attached hydrogen (secondary N) is 1. The molecule has 0 bridgehead atoms. The molecule has 0 amide bonds. The van der Waals surface area contributed by atoms with Crippen LogP contribution in [0.25, 0.3) is 0 Å². The number of pyridine rings is 1. The van der Waals surface area contributed by atoms with Gasteiger partial charge in [-0.1, -0.05) is 36.4 Å². The summed E-state index contributed by atoms with van der Waals surface area (Å²) in [7, 11) is 0. The van der Waals surface area contributed by atoms with Crippen molar-refractivity contribution in [3.8, 4) is 6.07 Å². The Morgan fingerprint density at radius 3 is 2.61 bits per heavy atom. The lowest BCUT2D eigenvalue weighted by Gasteiger charge is -2.20. The zero-order chi connectivity index (χ0) is 16.7. The molecular formula is C18H19N3O2. The smallest absolute Gasteiger partial charge is 0.308 e. The number of nitriles is 1. The molecule has 118 valence electrons. The van der Waals surface area contributed by atoms with Gasteiger partial charge >= 0.3 is 5.97 Å². The largest absolute Gasteiger partial charge is 0.463 e. The summed E-state index contributed by atoms with van der Waals surface area (Å²) in [5.74, 6) is 0.271. The van der Waals surface area contributed by atoms with Gasteiger partial charge in [0.25, 0.3) is 0 Å². The van der Waals surface area contributed by atoms with E-state index < -0.39 is 0 Å². The Kier molecular flexibility index (Phi) is 5.70. The van der Waals surface area contributed by atoms with Gasteiger partial charge in [-0.25, -0.2) is 4.98 Å². The van der Waals surface area contributed by atoms with Crippen LogP contribution in [0.4, 0.5) is 5.82 Å². The van der Waals surface area contributed by atoms with Gasteiger partial charge in [0.15, 0.2) is 0 Å². The van der Waals surface area contributed by atoms with Crippen LogP contribution in [0, 0.1) is 11.3 Å². The molecule has 1 heterocycles. The first-order chi connectivity index (χ1) is 11.1. The number of carbonyl (C=O) groups excluding carboxylic acids is 1. The molecule has 0 aliphatic rings. The number of hydrogen-bond acceptors (Lipinski definition) is 5. The number of esters is 1. The van der Waals surface area contributed by atoms with E-state index in [2.05, 4.69) is 10.3 Å². The Morgan fingerprint density at radius 1 is 1.22 bits per heavy atom. The molecule has 0 spiro atoms. The van der Waals surface area contributed by atoms with Gasteiger partial charge in [0, 0.05) is 0 Å². The maximum atomic E-state index is 12.0. The van der Waals surface area contributed by atoms with Gasteiger partial charge in [-0.3, -0.25) is 4.79 Å². The van der Waals surface area contributed by atoms with Gasteiger partial charge in [-0.15, -0.1) is 0 Å². The number of aromatic nitrogens is 1. The lowest BCUT2D eigenvalue weighted by Crippen LogP contribution is -2.20. The maximum Gasteiger partial charge on any atom is 0.308 e. The second kappa shape index (κ2) is 7.95. The molecule has 1 aromatic heterocycles. The van der Waals surface area contributed by atoms with Crippen LogP contribution < -0.4 is 5.32 Å². The van der Waals surface area contributed by atoms with E-state index in [4.69, 9.17) is 10.00 Å². The van der Waals surface area contributed by atoms with E-state index in [-0.39, 0.29) is 24.5 Å². The molecule has 1 N–H and O–H groups in total.